The number of amides is 1. The SMILES string of the molecule is CCSc1ccccc1C(=O)Nc1nc(-c2ccc(Cl)s2)cs1. The van der Waals surface area contributed by atoms with E-state index in [0.717, 1.165) is 25.6 Å². The monoisotopic (exact) mass is 380 g/mol. The number of thiophene rings is 1. The number of thioether (sulfide) groups is 1. The van der Waals surface area contributed by atoms with Crippen LogP contribution in [0.2, 0.25) is 4.34 Å². The molecule has 0 aliphatic carbocycles. The van der Waals surface area contributed by atoms with Crippen LogP contribution in [0.3, 0.4) is 0 Å². The topological polar surface area (TPSA) is 42.0 Å². The van der Waals surface area contributed by atoms with Crippen molar-refractivity contribution in [2.24, 2.45) is 0 Å². The van der Waals surface area contributed by atoms with Crippen molar-refractivity contribution >= 4 is 57.1 Å². The number of thiazole rings is 1. The molecule has 2 aromatic heterocycles. The molecule has 0 unspecified atom stereocenters. The molecular formula is C16H13ClN2OS3. The molecule has 3 nitrogen and oxygen atoms in total. The third-order valence-electron chi connectivity index (χ3n) is 2.98. The van der Waals surface area contributed by atoms with Crippen LogP contribution in [0.25, 0.3) is 10.6 Å². The van der Waals surface area contributed by atoms with Gasteiger partial charge in [0.05, 0.1) is 20.5 Å². The maximum absolute atomic E-state index is 12.5. The molecule has 3 aromatic rings. The summed E-state index contributed by atoms with van der Waals surface area (Å²) in [6.45, 7) is 2.07. The Labute approximate surface area is 151 Å². The summed E-state index contributed by atoms with van der Waals surface area (Å²) in [4.78, 5) is 18.9. The number of carbonyl (C=O) groups is 1. The first-order valence-electron chi connectivity index (χ1n) is 6.92. The number of carbonyl (C=O) groups excluding carboxylic acids is 1. The number of rotatable bonds is 5. The van der Waals surface area contributed by atoms with Crippen molar-refractivity contribution < 1.29 is 4.79 Å². The predicted molar refractivity (Wildman–Crippen MR) is 101 cm³/mol. The first kappa shape index (κ1) is 16.5. The van der Waals surface area contributed by atoms with Gasteiger partial charge in [-0.25, -0.2) is 4.98 Å². The number of halogens is 1. The molecule has 7 heteroatoms. The first-order valence-corrected chi connectivity index (χ1v) is 9.97. The Balaban J connectivity index is 1.77. The van der Waals surface area contributed by atoms with E-state index in [9.17, 15) is 4.79 Å². The van der Waals surface area contributed by atoms with Gasteiger partial charge in [-0.1, -0.05) is 30.7 Å². The lowest BCUT2D eigenvalue weighted by Gasteiger charge is -2.07. The van der Waals surface area contributed by atoms with Crippen molar-refractivity contribution in [1.29, 1.82) is 0 Å². The van der Waals surface area contributed by atoms with Gasteiger partial charge in [0.15, 0.2) is 5.13 Å². The first-order chi connectivity index (χ1) is 11.2. The van der Waals surface area contributed by atoms with Gasteiger partial charge in [-0.2, -0.15) is 0 Å². The fraction of sp³-hybridized carbons (Fsp3) is 0.125. The summed E-state index contributed by atoms with van der Waals surface area (Å²) >= 11 is 10.5. The van der Waals surface area contributed by atoms with Crippen LogP contribution in [0.15, 0.2) is 46.7 Å². The third-order valence-corrected chi connectivity index (χ3v) is 5.95. The fourth-order valence-corrected chi connectivity index (χ4v) is 4.58. The summed E-state index contributed by atoms with van der Waals surface area (Å²) in [5, 5.41) is 5.39. The van der Waals surface area contributed by atoms with Gasteiger partial charge in [0.25, 0.3) is 5.91 Å². The summed E-state index contributed by atoms with van der Waals surface area (Å²) in [5.41, 5.74) is 1.51. The van der Waals surface area contributed by atoms with Crippen LogP contribution in [0, 0.1) is 0 Å². The second-order valence-electron chi connectivity index (χ2n) is 4.52. The van der Waals surface area contributed by atoms with Crippen molar-refractivity contribution in [2.45, 2.75) is 11.8 Å². The number of anilines is 1. The van der Waals surface area contributed by atoms with E-state index in [0.29, 0.717) is 10.7 Å². The molecule has 0 bridgehead atoms. The highest BCUT2D eigenvalue weighted by Crippen LogP contribution is 2.33. The lowest BCUT2D eigenvalue weighted by atomic mass is 10.2. The van der Waals surface area contributed by atoms with Gasteiger partial charge in [0.2, 0.25) is 0 Å². The maximum Gasteiger partial charge on any atom is 0.258 e. The van der Waals surface area contributed by atoms with Crippen molar-refractivity contribution in [3.8, 4) is 10.6 Å². The minimum atomic E-state index is -0.133. The van der Waals surface area contributed by atoms with Crippen LogP contribution in [0.1, 0.15) is 17.3 Å². The van der Waals surface area contributed by atoms with E-state index in [2.05, 4.69) is 17.2 Å². The zero-order valence-corrected chi connectivity index (χ0v) is 15.4. The molecule has 0 spiro atoms. The van der Waals surface area contributed by atoms with Gasteiger partial charge >= 0.3 is 0 Å². The molecule has 0 saturated heterocycles. The largest absolute Gasteiger partial charge is 0.298 e. The molecule has 1 aromatic carbocycles. The molecule has 0 aliphatic heterocycles. The van der Waals surface area contributed by atoms with Crippen molar-refractivity contribution in [3.63, 3.8) is 0 Å². The van der Waals surface area contributed by atoms with Gasteiger partial charge < -0.3 is 0 Å². The van der Waals surface area contributed by atoms with E-state index in [-0.39, 0.29) is 5.91 Å². The van der Waals surface area contributed by atoms with Crippen LogP contribution < -0.4 is 5.32 Å². The average molecular weight is 381 g/mol. The molecule has 0 aliphatic rings. The quantitative estimate of drug-likeness (QED) is 0.561. The lowest BCUT2D eigenvalue weighted by Crippen LogP contribution is -2.12. The van der Waals surface area contributed by atoms with E-state index in [4.69, 9.17) is 11.6 Å². The highest BCUT2D eigenvalue weighted by Gasteiger charge is 2.14. The molecule has 1 amide bonds. The number of nitrogens with one attached hydrogen (secondary N) is 1. The molecule has 0 atom stereocenters. The standard InChI is InChI=1S/C16H13ClN2OS3/c1-2-21-12-6-4-3-5-10(12)15(20)19-16-18-11(9-22-16)13-7-8-14(17)23-13/h3-9H,2H2,1H3,(H,18,19,20). The molecule has 23 heavy (non-hydrogen) atoms. The van der Waals surface area contributed by atoms with Gasteiger partial charge in [-0.05, 0) is 30.0 Å². The minimum absolute atomic E-state index is 0.133. The maximum atomic E-state index is 12.5. The Morgan fingerprint density at radius 3 is 2.87 bits per heavy atom. The highest BCUT2D eigenvalue weighted by atomic mass is 35.5. The van der Waals surface area contributed by atoms with E-state index in [1.54, 1.807) is 11.8 Å². The second-order valence-corrected chi connectivity index (χ2v) is 8.40. The summed E-state index contributed by atoms with van der Waals surface area (Å²) in [6.07, 6.45) is 0. The molecular weight excluding hydrogens is 368 g/mol. The smallest absolute Gasteiger partial charge is 0.258 e. The number of hydrogen-bond acceptors (Lipinski definition) is 5. The van der Waals surface area contributed by atoms with Crippen molar-refractivity contribution in [1.82, 2.24) is 4.98 Å². The zero-order chi connectivity index (χ0) is 16.2. The Kier molecular flexibility index (Phi) is 5.38. The Morgan fingerprint density at radius 2 is 2.13 bits per heavy atom. The Hall–Kier alpha value is -1.34. The number of hydrogen-bond donors (Lipinski definition) is 1. The van der Waals surface area contributed by atoms with E-state index < -0.39 is 0 Å². The van der Waals surface area contributed by atoms with Crippen LogP contribution >= 0.6 is 46.0 Å². The number of aromatic nitrogens is 1. The Bertz CT molecular complexity index is 828. The third kappa shape index (κ3) is 3.95. The van der Waals surface area contributed by atoms with E-state index in [1.165, 1.54) is 22.7 Å². The number of nitrogens with zero attached hydrogens (tertiary/aromatic N) is 1. The predicted octanol–water partition coefficient (Wildman–Crippen LogP) is 5.89. The van der Waals surface area contributed by atoms with Crippen molar-refractivity contribution in [3.05, 3.63) is 51.7 Å². The summed E-state index contributed by atoms with van der Waals surface area (Å²) in [5.74, 6) is 0.789. The molecule has 2 heterocycles. The van der Waals surface area contributed by atoms with Crippen LogP contribution in [-0.4, -0.2) is 16.6 Å². The van der Waals surface area contributed by atoms with Crippen LogP contribution in [-0.2, 0) is 0 Å². The summed E-state index contributed by atoms with van der Waals surface area (Å²) < 4.78 is 0.726. The summed E-state index contributed by atoms with van der Waals surface area (Å²) in [6, 6.07) is 11.4. The van der Waals surface area contributed by atoms with Gasteiger partial charge in [-0.3, -0.25) is 10.1 Å². The number of benzene rings is 1. The Morgan fingerprint density at radius 1 is 1.30 bits per heavy atom. The zero-order valence-electron chi connectivity index (χ0n) is 12.2. The van der Waals surface area contributed by atoms with Gasteiger partial charge in [0, 0.05) is 10.3 Å². The highest BCUT2D eigenvalue weighted by molar-refractivity contribution is 7.99. The fourth-order valence-electron chi connectivity index (χ4n) is 2.00. The average Bonchev–Trinajstić information content (AvgIpc) is 3.17. The van der Waals surface area contributed by atoms with Gasteiger partial charge in [-0.15, -0.1) is 34.4 Å². The van der Waals surface area contributed by atoms with Gasteiger partial charge in [0.1, 0.15) is 0 Å². The van der Waals surface area contributed by atoms with E-state index >= 15 is 0 Å². The van der Waals surface area contributed by atoms with Crippen molar-refractivity contribution in [2.75, 3.05) is 11.1 Å². The molecule has 3 rings (SSSR count). The molecule has 0 radical (unpaired) electrons. The molecule has 1 N–H and O–H groups in total. The van der Waals surface area contributed by atoms with Crippen LogP contribution in [0.4, 0.5) is 5.13 Å². The summed E-state index contributed by atoms with van der Waals surface area (Å²) in [7, 11) is 0. The van der Waals surface area contributed by atoms with E-state index in [1.807, 2.05) is 41.8 Å². The molecule has 118 valence electrons. The molecule has 0 fully saturated rings. The second kappa shape index (κ2) is 7.49. The normalized spacial score (nSPS) is 10.7. The molecule has 0 saturated carbocycles. The van der Waals surface area contributed by atoms with Crippen LogP contribution in [0.5, 0.6) is 0 Å². The minimum Gasteiger partial charge on any atom is -0.298 e. The lowest BCUT2D eigenvalue weighted by molar-refractivity contribution is 0.102.